The molecule has 0 radical (unpaired) electrons. The van der Waals surface area contributed by atoms with Crippen LogP contribution in [0.1, 0.15) is 22.8 Å². The van der Waals surface area contributed by atoms with E-state index in [0.29, 0.717) is 16.9 Å². The Bertz CT molecular complexity index is 761. The molecule has 0 amide bonds. The van der Waals surface area contributed by atoms with Gasteiger partial charge in [0.2, 0.25) is 0 Å². The van der Waals surface area contributed by atoms with Crippen molar-refractivity contribution >= 4 is 23.5 Å². The number of ketones is 1. The number of esters is 1. The van der Waals surface area contributed by atoms with E-state index < -0.39 is 10.9 Å². The molecule has 0 spiro atoms. The third-order valence-corrected chi connectivity index (χ3v) is 3.00. The second-order valence-corrected chi connectivity index (χ2v) is 4.68. The van der Waals surface area contributed by atoms with Crippen molar-refractivity contribution in [1.29, 1.82) is 0 Å². The van der Waals surface area contributed by atoms with E-state index in [9.17, 15) is 19.7 Å². The van der Waals surface area contributed by atoms with E-state index in [2.05, 4.69) is 0 Å². The fourth-order valence-electron chi connectivity index (χ4n) is 1.78. The number of ether oxygens (including phenoxy) is 1. The predicted molar refractivity (Wildman–Crippen MR) is 84.2 cm³/mol. The number of carbonyl (C=O) groups excluding carboxylic acids is 2. The van der Waals surface area contributed by atoms with E-state index in [1.54, 1.807) is 12.1 Å². The largest absolute Gasteiger partial charge is 0.423 e. The molecule has 2 aromatic carbocycles. The molecule has 0 saturated carbocycles. The van der Waals surface area contributed by atoms with Gasteiger partial charge in [0.1, 0.15) is 5.75 Å². The van der Waals surface area contributed by atoms with Crippen molar-refractivity contribution in [2.45, 2.75) is 6.92 Å². The molecule has 6 heteroatoms. The zero-order valence-electron chi connectivity index (χ0n) is 12.3. The van der Waals surface area contributed by atoms with Crippen LogP contribution in [-0.2, 0) is 4.79 Å². The molecule has 0 unspecified atom stereocenters. The number of benzene rings is 2. The molecule has 0 heterocycles. The van der Waals surface area contributed by atoms with Crippen LogP contribution in [-0.4, -0.2) is 16.7 Å². The summed E-state index contributed by atoms with van der Waals surface area (Å²) >= 11 is 0. The van der Waals surface area contributed by atoms with Gasteiger partial charge in [-0.2, -0.15) is 0 Å². The molecule has 0 fully saturated rings. The summed E-state index contributed by atoms with van der Waals surface area (Å²) in [5.41, 5.74) is 1.15. The maximum Gasteiger partial charge on any atom is 0.336 e. The second kappa shape index (κ2) is 7.13. The number of non-ortho nitro benzene ring substituents is 1. The third-order valence-electron chi connectivity index (χ3n) is 3.00. The molecule has 0 atom stereocenters. The van der Waals surface area contributed by atoms with Gasteiger partial charge < -0.3 is 4.74 Å². The zero-order valence-corrected chi connectivity index (χ0v) is 12.3. The summed E-state index contributed by atoms with van der Waals surface area (Å²) in [7, 11) is 0. The minimum absolute atomic E-state index is 0.0183. The van der Waals surface area contributed by atoms with Crippen LogP contribution >= 0.6 is 0 Å². The highest BCUT2D eigenvalue weighted by atomic mass is 16.6. The first-order valence-corrected chi connectivity index (χ1v) is 6.71. The van der Waals surface area contributed by atoms with Gasteiger partial charge >= 0.3 is 5.97 Å². The van der Waals surface area contributed by atoms with Crippen molar-refractivity contribution < 1.29 is 19.2 Å². The molecule has 0 aliphatic carbocycles. The highest BCUT2D eigenvalue weighted by Gasteiger charge is 2.04. The lowest BCUT2D eigenvalue weighted by molar-refractivity contribution is -0.384. The van der Waals surface area contributed by atoms with Crippen molar-refractivity contribution in [3.8, 4) is 5.75 Å². The van der Waals surface area contributed by atoms with E-state index in [1.165, 1.54) is 55.5 Å². The summed E-state index contributed by atoms with van der Waals surface area (Å²) in [5.74, 6) is -0.326. The number of hydrogen-bond acceptors (Lipinski definition) is 5. The predicted octanol–water partition coefficient (Wildman–Crippen LogP) is 3.42. The van der Waals surface area contributed by atoms with E-state index in [-0.39, 0.29) is 11.5 Å². The number of nitrogens with zero attached hydrogens (tertiary/aromatic N) is 1. The zero-order chi connectivity index (χ0) is 16.8. The molecule has 116 valence electrons. The number of hydrogen-bond donors (Lipinski definition) is 0. The Morgan fingerprint density at radius 3 is 2.17 bits per heavy atom. The first kappa shape index (κ1) is 16.1. The highest BCUT2D eigenvalue weighted by Crippen LogP contribution is 2.15. The minimum Gasteiger partial charge on any atom is -0.423 e. The van der Waals surface area contributed by atoms with Gasteiger partial charge in [0.05, 0.1) is 4.92 Å². The van der Waals surface area contributed by atoms with Crippen LogP contribution < -0.4 is 4.74 Å². The van der Waals surface area contributed by atoms with Crippen molar-refractivity contribution in [3.05, 3.63) is 75.8 Å². The Kier molecular flexibility index (Phi) is 4.99. The summed E-state index contributed by atoms with van der Waals surface area (Å²) in [6.07, 6.45) is 2.72. The maximum absolute atomic E-state index is 11.7. The summed E-state index contributed by atoms with van der Waals surface area (Å²) in [5, 5.41) is 10.5. The van der Waals surface area contributed by atoms with Gasteiger partial charge in [0, 0.05) is 23.8 Å². The van der Waals surface area contributed by atoms with Gasteiger partial charge in [-0.3, -0.25) is 14.9 Å². The number of rotatable bonds is 5. The summed E-state index contributed by atoms with van der Waals surface area (Å²) in [6.45, 7) is 1.45. The number of nitro benzene ring substituents is 1. The molecule has 6 nitrogen and oxygen atoms in total. The Labute approximate surface area is 132 Å². The van der Waals surface area contributed by atoms with Crippen LogP contribution in [0, 0.1) is 10.1 Å². The fourth-order valence-corrected chi connectivity index (χ4v) is 1.78. The lowest BCUT2D eigenvalue weighted by Gasteiger charge is -2.02. The maximum atomic E-state index is 11.7. The van der Waals surface area contributed by atoms with Gasteiger partial charge in [-0.05, 0) is 55.0 Å². The van der Waals surface area contributed by atoms with E-state index >= 15 is 0 Å². The second-order valence-electron chi connectivity index (χ2n) is 4.68. The summed E-state index contributed by atoms with van der Waals surface area (Å²) < 4.78 is 5.09. The first-order valence-electron chi connectivity index (χ1n) is 6.71. The van der Waals surface area contributed by atoms with Gasteiger partial charge in [-0.1, -0.05) is 0 Å². The van der Waals surface area contributed by atoms with Gasteiger partial charge in [-0.15, -0.1) is 0 Å². The number of carbonyl (C=O) groups is 2. The van der Waals surface area contributed by atoms with Crippen LogP contribution in [0.5, 0.6) is 5.75 Å². The molecular weight excluding hydrogens is 298 g/mol. The number of nitro groups is 1. The van der Waals surface area contributed by atoms with Crippen LogP contribution in [0.3, 0.4) is 0 Å². The highest BCUT2D eigenvalue weighted by molar-refractivity contribution is 5.94. The lowest BCUT2D eigenvalue weighted by atomic mass is 10.1. The standard InChI is InChI=1S/C17H13NO5/c1-12(19)14-5-9-16(10-6-14)23-17(20)11-4-13-2-7-15(8-3-13)18(21)22/h2-11H,1H3/b11-4+. The average molecular weight is 311 g/mol. The Morgan fingerprint density at radius 2 is 1.65 bits per heavy atom. The summed E-state index contributed by atoms with van der Waals surface area (Å²) in [6, 6.07) is 12.0. The third kappa shape index (κ3) is 4.60. The molecule has 0 bridgehead atoms. The Morgan fingerprint density at radius 1 is 1.04 bits per heavy atom. The topological polar surface area (TPSA) is 86.5 Å². The quantitative estimate of drug-likeness (QED) is 0.211. The van der Waals surface area contributed by atoms with Crippen LogP contribution in [0.15, 0.2) is 54.6 Å². The Hall–Kier alpha value is -3.28. The van der Waals surface area contributed by atoms with E-state index in [0.717, 1.165) is 0 Å². The van der Waals surface area contributed by atoms with Gasteiger partial charge in [-0.25, -0.2) is 4.79 Å². The Balaban J connectivity index is 1.98. The minimum atomic E-state index is -0.584. The van der Waals surface area contributed by atoms with Crippen molar-refractivity contribution in [3.63, 3.8) is 0 Å². The molecule has 0 aromatic heterocycles. The van der Waals surface area contributed by atoms with Crippen LogP contribution in [0.25, 0.3) is 6.08 Å². The van der Waals surface area contributed by atoms with Crippen LogP contribution in [0.4, 0.5) is 5.69 Å². The molecule has 0 N–H and O–H groups in total. The molecule has 0 saturated heterocycles. The van der Waals surface area contributed by atoms with Gasteiger partial charge in [0.15, 0.2) is 5.78 Å². The van der Waals surface area contributed by atoms with Gasteiger partial charge in [0.25, 0.3) is 5.69 Å². The average Bonchev–Trinajstić information content (AvgIpc) is 2.54. The monoisotopic (exact) mass is 311 g/mol. The molecule has 0 aliphatic heterocycles. The van der Waals surface area contributed by atoms with E-state index in [4.69, 9.17) is 4.74 Å². The number of Topliss-reactive ketones (excluding diaryl/α,β-unsaturated/α-hetero) is 1. The van der Waals surface area contributed by atoms with Crippen molar-refractivity contribution in [2.24, 2.45) is 0 Å². The van der Waals surface area contributed by atoms with Crippen molar-refractivity contribution in [1.82, 2.24) is 0 Å². The summed E-state index contributed by atoms with van der Waals surface area (Å²) in [4.78, 5) is 32.9. The molecule has 0 aliphatic rings. The SMILES string of the molecule is CC(=O)c1ccc(OC(=O)/C=C/c2ccc([N+](=O)[O-])cc2)cc1. The van der Waals surface area contributed by atoms with E-state index in [1.807, 2.05) is 0 Å². The fraction of sp³-hybridized carbons (Fsp3) is 0.0588. The van der Waals surface area contributed by atoms with Crippen molar-refractivity contribution in [2.75, 3.05) is 0 Å². The first-order chi connectivity index (χ1) is 11.0. The molecule has 23 heavy (non-hydrogen) atoms. The molecule has 2 aromatic rings. The lowest BCUT2D eigenvalue weighted by Crippen LogP contribution is -2.03. The van der Waals surface area contributed by atoms with Crippen LogP contribution in [0.2, 0.25) is 0 Å². The molecular formula is C17H13NO5. The normalized spacial score (nSPS) is 10.5. The smallest absolute Gasteiger partial charge is 0.336 e. The molecule has 2 rings (SSSR count).